The van der Waals surface area contributed by atoms with Crippen molar-refractivity contribution in [1.82, 2.24) is 5.32 Å². The van der Waals surface area contributed by atoms with Gasteiger partial charge in [0.05, 0.1) is 12.5 Å². The fraction of sp³-hybridized carbons (Fsp3) is 0.364. The SMILES string of the molecule is O=C(Cc1ccc(N2CCCC2=O)cc1)N[C@@H]1CCCc2ccccc21. The summed E-state index contributed by atoms with van der Waals surface area (Å²) < 4.78 is 0. The Morgan fingerprint density at radius 2 is 1.85 bits per heavy atom. The maximum Gasteiger partial charge on any atom is 0.227 e. The zero-order valence-corrected chi connectivity index (χ0v) is 14.9. The minimum Gasteiger partial charge on any atom is -0.349 e. The molecule has 0 aromatic heterocycles. The number of hydrogen-bond donors (Lipinski definition) is 1. The molecule has 2 amide bonds. The molecule has 1 aliphatic heterocycles. The second-order valence-electron chi connectivity index (χ2n) is 7.20. The summed E-state index contributed by atoms with van der Waals surface area (Å²) in [6.45, 7) is 0.791. The van der Waals surface area contributed by atoms with Gasteiger partial charge in [-0.15, -0.1) is 0 Å². The van der Waals surface area contributed by atoms with E-state index in [0.717, 1.165) is 43.5 Å². The van der Waals surface area contributed by atoms with Gasteiger partial charge in [-0.25, -0.2) is 0 Å². The molecule has 4 rings (SSSR count). The fourth-order valence-corrected chi connectivity index (χ4v) is 4.05. The summed E-state index contributed by atoms with van der Waals surface area (Å²) in [5, 5.41) is 3.20. The van der Waals surface area contributed by atoms with Crippen molar-refractivity contribution in [3.05, 3.63) is 65.2 Å². The molecule has 2 aliphatic rings. The average Bonchev–Trinajstić information content (AvgIpc) is 3.09. The smallest absolute Gasteiger partial charge is 0.227 e. The molecule has 0 spiro atoms. The zero-order valence-electron chi connectivity index (χ0n) is 14.9. The minimum absolute atomic E-state index is 0.0525. The summed E-state index contributed by atoms with van der Waals surface area (Å²) in [7, 11) is 0. The van der Waals surface area contributed by atoms with Crippen molar-refractivity contribution in [2.24, 2.45) is 0 Å². The van der Waals surface area contributed by atoms with Crippen LogP contribution in [0.2, 0.25) is 0 Å². The Bertz CT molecular complexity index is 813. The van der Waals surface area contributed by atoms with Gasteiger partial charge in [0, 0.05) is 18.7 Å². The fourth-order valence-electron chi connectivity index (χ4n) is 4.05. The van der Waals surface area contributed by atoms with Gasteiger partial charge in [-0.05, 0) is 54.5 Å². The van der Waals surface area contributed by atoms with Crippen LogP contribution in [0.15, 0.2) is 48.5 Å². The predicted octanol–water partition coefficient (Wildman–Crippen LogP) is 3.55. The Labute approximate surface area is 154 Å². The molecule has 2 aromatic carbocycles. The van der Waals surface area contributed by atoms with Crippen molar-refractivity contribution in [3.63, 3.8) is 0 Å². The van der Waals surface area contributed by atoms with Crippen molar-refractivity contribution in [3.8, 4) is 0 Å². The van der Waals surface area contributed by atoms with Crippen LogP contribution in [0.5, 0.6) is 0 Å². The monoisotopic (exact) mass is 348 g/mol. The zero-order chi connectivity index (χ0) is 17.9. The lowest BCUT2D eigenvalue weighted by molar-refractivity contribution is -0.121. The van der Waals surface area contributed by atoms with Crippen LogP contribution in [-0.4, -0.2) is 18.4 Å². The largest absolute Gasteiger partial charge is 0.349 e. The molecule has 26 heavy (non-hydrogen) atoms. The molecule has 1 aliphatic carbocycles. The van der Waals surface area contributed by atoms with Gasteiger partial charge >= 0.3 is 0 Å². The normalized spacial score (nSPS) is 19.3. The molecule has 0 radical (unpaired) electrons. The highest BCUT2D eigenvalue weighted by molar-refractivity contribution is 5.95. The summed E-state index contributed by atoms with van der Waals surface area (Å²) in [6, 6.07) is 16.3. The number of nitrogens with one attached hydrogen (secondary N) is 1. The van der Waals surface area contributed by atoms with Gasteiger partial charge in [0.2, 0.25) is 11.8 Å². The summed E-state index contributed by atoms with van der Waals surface area (Å²) >= 11 is 0. The highest BCUT2D eigenvalue weighted by Crippen LogP contribution is 2.29. The third-order valence-electron chi connectivity index (χ3n) is 5.39. The van der Waals surface area contributed by atoms with Gasteiger partial charge in [-0.3, -0.25) is 9.59 Å². The molecule has 0 bridgehead atoms. The van der Waals surface area contributed by atoms with Crippen LogP contribution in [0.1, 0.15) is 48.4 Å². The van der Waals surface area contributed by atoms with Crippen LogP contribution in [0.25, 0.3) is 0 Å². The lowest BCUT2D eigenvalue weighted by atomic mass is 9.87. The maximum atomic E-state index is 12.5. The molecule has 1 atom stereocenters. The molecule has 2 aromatic rings. The topological polar surface area (TPSA) is 49.4 Å². The molecule has 4 heteroatoms. The van der Waals surface area contributed by atoms with Crippen molar-refractivity contribution in [1.29, 1.82) is 0 Å². The molecule has 1 fully saturated rings. The van der Waals surface area contributed by atoms with E-state index in [-0.39, 0.29) is 17.9 Å². The van der Waals surface area contributed by atoms with Gasteiger partial charge in [0.25, 0.3) is 0 Å². The number of aryl methyl sites for hydroxylation is 1. The van der Waals surface area contributed by atoms with Crippen molar-refractivity contribution >= 4 is 17.5 Å². The van der Waals surface area contributed by atoms with E-state index in [1.165, 1.54) is 11.1 Å². The number of anilines is 1. The first-order valence-electron chi connectivity index (χ1n) is 9.47. The first kappa shape index (κ1) is 16.8. The standard InChI is InChI=1S/C22H24N2O2/c25-21(23-20-8-3-6-17-5-1-2-7-19(17)20)15-16-10-12-18(13-11-16)24-14-4-9-22(24)26/h1-2,5,7,10-13,20H,3-4,6,8-9,14-15H2,(H,23,25)/t20-/m1/s1. The number of carbonyl (C=O) groups is 2. The number of amides is 2. The average molecular weight is 348 g/mol. The van der Waals surface area contributed by atoms with Crippen molar-refractivity contribution in [2.75, 3.05) is 11.4 Å². The Hall–Kier alpha value is -2.62. The minimum atomic E-state index is 0.0525. The summed E-state index contributed by atoms with van der Waals surface area (Å²) in [6.07, 6.45) is 5.13. The second kappa shape index (κ2) is 7.32. The molecule has 1 N–H and O–H groups in total. The van der Waals surface area contributed by atoms with E-state index in [2.05, 4.69) is 23.5 Å². The molecule has 1 heterocycles. The number of carbonyl (C=O) groups excluding carboxylic acids is 2. The van der Waals surface area contributed by atoms with Crippen LogP contribution >= 0.6 is 0 Å². The van der Waals surface area contributed by atoms with Crippen LogP contribution in [0, 0.1) is 0 Å². The highest BCUT2D eigenvalue weighted by Gasteiger charge is 2.23. The van der Waals surface area contributed by atoms with Gasteiger partial charge in [-0.2, -0.15) is 0 Å². The van der Waals surface area contributed by atoms with E-state index in [9.17, 15) is 9.59 Å². The van der Waals surface area contributed by atoms with E-state index in [1.807, 2.05) is 35.2 Å². The first-order valence-corrected chi connectivity index (χ1v) is 9.47. The van der Waals surface area contributed by atoms with Gasteiger partial charge in [0.1, 0.15) is 0 Å². The Balaban J connectivity index is 1.39. The lowest BCUT2D eigenvalue weighted by Crippen LogP contribution is -2.32. The second-order valence-corrected chi connectivity index (χ2v) is 7.20. The Kier molecular flexibility index (Phi) is 4.74. The molecular weight excluding hydrogens is 324 g/mol. The number of fused-ring (bicyclic) bond motifs is 1. The van der Waals surface area contributed by atoms with Gasteiger partial charge in [0.15, 0.2) is 0 Å². The molecule has 4 nitrogen and oxygen atoms in total. The van der Waals surface area contributed by atoms with Crippen molar-refractivity contribution in [2.45, 2.75) is 44.6 Å². The molecule has 134 valence electrons. The number of benzene rings is 2. The number of nitrogens with zero attached hydrogens (tertiary/aromatic N) is 1. The molecular formula is C22H24N2O2. The Morgan fingerprint density at radius 1 is 1.04 bits per heavy atom. The van der Waals surface area contributed by atoms with Gasteiger partial charge in [-0.1, -0.05) is 36.4 Å². The predicted molar refractivity (Wildman–Crippen MR) is 102 cm³/mol. The Morgan fingerprint density at radius 3 is 2.62 bits per heavy atom. The lowest BCUT2D eigenvalue weighted by Gasteiger charge is -2.26. The number of rotatable bonds is 4. The molecule has 0 saturated carbocycles. The van der Waals surface area contributed by atoms with Crippen LogP contribution in [0.3, 0.4) is 0 Å². The third-order valence-corrected chi connectivity index (χ3v) is 5.39. The van der Waals surface area contributed by atoms with Crippen molar-refractivity contribution < 1.29 is 9.59 Å². The van der Waals surface area contributed by atoms with E-state index in [1.54, 1.807) is 0 Å². The summed E-state index contributed by atoms with van der Waals surface area (Å²) in [4.78, 5) is 26.2. The highest BCUT2D eigenvalue weighted by atomic mass is 16.2. The van der Waals surface area contributed by atoms with Crippen LogP contribution in [-0.2, 0) is 22.4 Å². The van der Waals surface area contributed by atoms with E-state index in [4.69, 9.17) is 0 Å². The maximum absolute atomic E-state index is 12.5. The third kappa shape index (κ3) is 3.50. The summed E-state index contributed by atoms with van der Waals surface area (Å²) in [5.41, 5.74) is 4.51. The van der Waals surface area contributed by atoms with Crippen LogP contribution in [0.4, 0.5) is 5.69 Å². The summed E-state index contributed by atoms with van der Waals surface area (Å²) in [5.74, 6) is 0.239. The number of hydrogen-bond acceptors (Lipinski definition) is 2. The quantitative estimate of drug-likeness (QED) is 0.919. The van der Waals surface area contributed by atoms with E-state index >= 15 is 0 Å². The van der Waals surface area contributed by atoms with Crippen LogP contribution < -0.4 is 10.2 Å². The van der Waals surface area contributed by atoms with Gasteiger partial charge < -0.3 is 10.2 Å². The van der Waals surface area contributed by atoms with E-state index < -0.39 is 0 Å². The first-order chi connectivity index (χ1) is 12.7. The molecule has 0 unspecified atom stereocenters. The molecule has 1 saturated heterocycles. The van der Waals surface area contributed by atoms with E-state index in [0.29, 0.717) is 12.8 Å².